The van der Waals surface area contributed by atoms with Crippen molar-refractivity contribution < 1.29 is 38.4 Å². The highest BCUT2D eigenvalue weighted by molar-refractivity contribution is 7.23. The molecule has 366 valence electrons. The lowest BCUT2D eigenvalue weighted by atomic mass is 9.96. The van der Waals surface area contributed by atoms with Crippen molar-refractivity contribution in [3.05, 3.63) is 71.9 Å². The number of carbonyl (C=O) groups is 8. The Bertz CT molecular complexity index is 2680. The number of nitrogens with one attached hydrogen (secondary N) is 6. The molecule has 0 bridgehead atoms. The molecule has 8 atom stereocenters. The van der Waals surface area contributed by atoms with Gasteiger partial charge in [0.2, 0.25) is 47.3 Å². The van der Waals surface area contributed by atoms with E-state index in [1.165, 1.54) is 4.90 Å². The summed E-state index contributed by atoms with van der Waals surface area (Å²) in [6.45, 7) is 3.58. The van der Waals surface area contributed by atoms with Gasteiger partial charge in [0.1, 0.15) is 35.9 Å². The SMILES string of the molecule is CC[C@H](C)[C@@H]1NC(=O)[C@H](CC(N)=O)NC(=O)[C@@H](N)CC(=O)NCCCC[C@@H](C(N)=O)NC(=O)[C@H](Cc2c[nH]c3ccccc23)NC(=O)[C@@H]2C[C@H](n3cc(-c4ccc(-c5cccs5)s4)nn3)CN2C1=O. The largest absolute Gasteiger partial charge is 0.370 e. The van der Waals surface area contributed by atoms with E-state index in [2.05, 4.69) is 41.9 Å². The molecule has 1 aromatic carbocycles. The molecule has 6 heterocycles. The summed E-state index contributed by atoms with van der Waals surface area (Å²) < 4.78 is 1.59. The first-order chi connectivity index (χ1) is 33.1. The van der Waals surface area contributed by atoms with Crippen molar-refractivity contribution in [3.63, 3.8) is 0 Å². The predicted octanol–water partition coefficient (Wildman–Crippen LogP) is 0.965. The summed E-state index contributed by atoms with van der Waals surface area (Å²) in [6, 6.07) is 6.78. The lowest BCUT2D eigenvalue weighted by Gasteiger charge is -2.33. The smallest absolute Gasteiger partial charge is 0.246 e. The maximum atomic E-state index is 15.1. The lowest BCUT2D eigenvalue weighted by Crippen LogP contribution is -2.60. The molecule has 2 saturated heterocycles. The molecule has 7 rings (SSSR count). The van der Waals surface area contributed by atoms with Gasteiger partial charge in [0.15, 0.2) is 0 Å². The summed E-state index contributed by atoms with van der Waals surface area (Å²) in [7, 11) is 0. The molecule has 23 heteroatoms. The molecular formula is C46H57N13O8S2. The molecule has 5 aromatic rings. The second kappa shape index (κ2) is 22.4. The van der Waals surface area contributed by atoms with Crippen LogP contribution in [0.3, 0.4) is 0 Å². The van der Waals surface area contributed by atoms with E-state index in [9.17, 15) is 33.6 Å². The van der Waals surface area contributed by atoms with Gasteiger partial charge in [0.05, 0.1) is 36.0 Å². The number of amides is 8. The summed E-state index contributed by atoms with van der Waals surface area (Å²) in [5.74, 6) is -6.80. The lowest BCUT2D eigenvalue weighted by molar-refractivity contribution is -0.143. The predicted molar refractivity (Wildman–Crippen MR) is 257 cm³/mol. The number of hydrogen-bond acceptors (Lipinski definition) is 13. The van der Waals surface area contributed by atoms with Gasteiger partial charge in [-0.15, -0.1) is 27.8 Å². The van der Waals surface area contributed by atoms with Crippen molar-refractivity contribution >= 4 is 80.8 Å². The number of aromatic amines is 1. The van der Waals surface area contributed by atoms with Crippen molar-refractivity contribution in [3.8, 4) is 20.3 Å². The standard InChI is InChI=1S/C46H57N13O8S2/c1-3-24(2)40-46(67)58-22-26(59-23-33(56-57-59)35-13-14-37(69-35)36-12-8-16-68-36)18-34(58)45(66)54-31(17-25-21-51-29-10-5-4-9-27(25)29)43(64)52-30(41(49)62)11-6-7-15-50-39(61)19-28(47)42(63)53-32(20-38(48)60)44(65)55-40/h4-5,8-10,12-14,16,21,23-24,26,28,30-32,34,40,51H,3,6-7,11,15,17-20,22,47H2,1-2H3,(H2,48,60)(H2,49,62)(H,50,61)(H,52,64)(H,53,63)(H,54,66)(H,55,65)/t24-,26-,28-,30-,31-,32-,34-,40-/m0/s1. The molecule has 4 aromatic heterocycles. The zero-order valence-corrected chi connectivity index (χ0v) is 39.8. The van der Waals surface area contributed by atoms with E-state index < -0.39 is 108 Å². The van der Waals surface area contributed by atoms with Crippen LogP contribution in [0.2, 0.25) is 0 Å². The van der Waals surface area contributed by atoms with E-state index in [-0.39, 0.29) is 32.4 Å². The van der Waals surface area contributed by atoms with Gasteiger partial charge in [-0.2, -0.15) is 0 Å². The third-order valence-electron chi connectivity index (χ3n) is 12.6. The zero-order chi connectivity index (χ0) is 49.4. The van der Waals surface area contributed by atoms with Gasteiger partial charge >= 0.3 is 0 Å². The number of primary amides is 2. The minimum absolute atomic E-state index is 0.0166. The van der Waals surface area contributed by atoms with Crippen LogP contribution in [-0.2, 0) is 44.8 Å². The van der Waals surface area contributed by atoms with Crippen LogP contribution in [0.1, 0.15) is 70.4 Å². The van der Waals surface area contributed by atoms with Crippen molar-refractivity contribution in [2.24, 2.45) is 23.1 Å². The van der Waals surface area contributed by atoms with Gasteiger partial charge in [0.25, 0.3) is 0 Å². The van der Waals surface area contributed by atoms with E-state index >= 15 is 4.79 Å². The van der Waals surface area contributed by atoms with Crippen LogP contribution in [0.25, 0.3) is 31.2 Å². The number of thiophene rings is 2. The Hall–Kier alpha value is -6.98. The van der Waals surface area contributed by atoms with E-state index in [0.717, 1.165) is 25.5 Å². The summed E-state index contributed by atoms with van der Waals surface area (Å²) in [4.78, 5) is 117. The van der Waals surface area contributed by atoms with Gasteiger partial charge in [-0.3, -0.25) is 38.4 Å². The Kier molecular flexibility index (Phi) is 16.2. The summed E-state index contributed by atoms with van der Waals surface area (Å²) in [6.07, 6.45) is 3.48. The number of aromatic nitrogens is 4. The fourth-order valence-corrected chi connectivity index (χ4v) is 10.3. The number of fused-ring (bicyclic) bond motifs is 2. The maximum absolute atomic E-state index is 15.1. The number of nitrogens with zero attached hydrogens (tertiary/aromatic N) is 4. The number of benzene rings is 1. The number of para-hydroxylation sites is 1. The Balaban J connectivity index is 1.25. The fourth-order valence-electron chi connectivity index (χ4n) is 8.52. The average Bonchev–Trinajstić information content (AvgIpc) is 4.19. The molecule has 2 aliphatic heterocycles. The number of nitrogens with two attached hydrogens (primary N) is 3. The molecule has 2 fully saturated rings. The number of hydrogen-bond donors (Lipinski definition) is 9. The minimum Gasteiger partial charge on any atom is -0.370 e. The zero-order valence-electron chi connectivity index (χ0n) is 38.1. The van der Waals surface area contributed by atoms with Crippen LogP contribution < -0.4 is 43.8 Å². The van der Waals surface area contributed by atoms with Crippen LogP contribution in [0.4, 0.5) is 0 Å². The summed E-state index contributed by atoms with van der Waals surface area (Å²) in [5.41, 5.74) is 19.4. The Morgan fingerprint density at radius 3 is 2.36 bits per heavy atom. The molecule has 21 nitrogen and oxygen atoms in total. The number of H-pyrrole nitrogens is 1. The van der Waals surface area contributed by atoms with Gasteiger partial charge < -0.3 is 53.7 Å². The fraction of sp³-hybridized carbons (Fsp3) is 0.435. The van der Waals surface area contributed by atoms with Gasteiger partial charge in [-0.25, -0.2) is 4.68 Å². The Labute approximate surface area is 405 Å². The van der Waals surface area contributed by atoms with Crippen LogP contribution in [-0.4, -0.2) is 121 Å². The summed E-state index contributed by atoms with van der Waals surface area (Å²) in [5, 5.41) is 25.1. The van der Waals surface area contributed by atoms with E-state index in [1.54, 1.807) is 53.6 Å². The molecule has 12 N–H and O–H groups in total. The monoisotopic (exact) mass is 983 g/mol. The maximum Gasteiger partial charge on any atom is 0.246 e. The Morgan fingerprint density at radius 2 is 1.62 bits per heavy atom. The molecule has 0 saturated carbocycles. The highest BCUT2D eigenvalue weighted by Crippen LogP contribution is 2.37. The van der Waals surface area contributed by atoms with Gasteiger partial charge in [0, 0.05) is 52.8 Å². The van der Waals surface area contributed by atoms with Crippen LogP contribution in [0.15, 0.2) is 66.3 Å². The van der Waals surface area contributed by atoms with Crippen molar-refractivity contribution in [2.45, 2.75) is 108 Å². The topological polar surface area (TPSA) is 325 Å². The second-order valence-electron chi connectivity index (χ2n) is 17.5. The number of rotatable bonds is 10. The number of carbonyl (C=O) groups excluding carboxylic acids is 8. The van der Waals surface area contributed by atoms with Crippen molar-refractivity contribution in [1.82, 2.24) is 51.5 Å². The van der Waals surface area contributed by atoms with Gasteiger partial charge in [-0.05, 0) is 60.4 Å². The molecule has 0 unspecified atom stereocenters. The normalized spacial score (nSPS) is 24.4. The molecule has 8 amide bonds. The van der Waals surface area contributed by atoms with E-state index in [4.69, 9.17) is 17.2 Å². The van der Waals surface area contributed by atoms with Crippen LogP contribution >= 0.6 is 22.7 Å². The first-order valence-electron chi connectivity index (χ1n) is 22.8. The molecule has 2 aliphatic rings. The van der Waals surface area contributed by atoms with E-state index in [0.29, 0.717) is 30.5 Å². The summed E-state index contributed by atoms with van der Waals surface area (Å²) >= 11 is 3.15. The molecule has 0 spiro atoms. The van der Waals surface area contributed by atoms with Crippen molar-refractivity contribution in [1.29, 1.82) is 0 Å². The minimum atomic E-state index is -1.58. The first kappa shape index (κ1) is 49.9. The molecule has 0 radical (unpaired) electrons. The second-order valence-corrected chi connectivity index (χ2v) is 19.5. The third-order valence-corrected chi connectivity index (χ3v) is 14.7. The van der Waals surface area contributed by atoms with E-state index in [1.807, 2.05) is 53.9 Å². The van der Waals surface area contributed by atoms with Crippen LogP contribution in [0, 0.1) is 5.92 Å². The quantitative estimate of drug-likeness (QED) is 0.0950. The molecule has 69 heavy (non-hydrogen) atoms. The molecule has 0 aliphatic carbocycles. The van der Waals surface area contributed by atoms with Gasteiger partial charge in [-0.1, -0.05) is 49.7 Å². The van der Waals surface area contributed by atoms with Crippen molar-refractivity contribution in [2.75, 3.05) is 13.1 Å². The highest BCUT2D eigenvalue weighted by Gasteiger charge is 2.45. The molecular weight excluding hydrogens is 927 g/mol. The third kappa shape index (κ3) is 12.2. The first-order valence-corrected chi connectivity index (χ1v) is 24.5. The highest BCUT2D eigenvalue weighted by atomic mass is 32.1. The van der Waals surface area contributed by atoms with Crippen LogP contribution in [0.5, 0.6) is 0 Å². The average molecular weight is 984 g/mol. The Morgan fingerprint density at radius 1 is 0.870 bits per heavy atom.